The van der Waals surface area contributed by atoms with Gasteiger partial charge >= 0.3 is 0 Å². The number of nitrogen functional groups attached to an aromatic ring is 2. The number of nitrogens with two attached hydrogens (primary N) is 2. The minimum absolute atomic E-state index is 0.601. The summed E-state index contributed by atoms with van der Waals surface area (Å²) in [5.41, 5.74) is 9.00. The van der Waals surface area contributed by atoms with Gasteiger partial charge < -0.3 is 11.5 Å². The Balaban J connectivity index is 3.22. The molecule has 0 aromatic heterocycles. The van der Waals surface area contributed by atoms with Crippen LogP contribution in [0.4, 0.5) is 28.9 Å². The Labute approximate surface area is 110 Å². The van der Waals surface area contributed by atoms with Crippen molar-refractivity contribution in [3.05, 3.63) is 23.3 Å². The van der Waals surface area contributed by atoms with Gasteiger partial charge in [-0.3, -0.25) is 0 Å². The number of hydrogen-bond acceptors (Lipinski definition) is 4. The zero-order valence-corrected chi connectivity index (χ0v) is 10.3. The third-order valence-electron chi connectivity index (χ3n) is 2.53. The summed E-state index contributed by atoms with van der Waals surface area (Å²) in [4.78, 5) is -1.20. The second kappa shape index (κ2) is 4.13. The zero-order chi connectivity index (χ0) is 13.8. The molecule has 0 saturated carbocycles. The number of anilines is 2. The maximum absolute atomic E-state index is 13.8. The van der Waals surface area contributed by atoms with Crippen LogP contribution < -0.4 is 11.5 Å². The van der Waals surface area contributed by atoms with E-state index in [2.05, 4.69) is 25.3 Å². The Morgan fingerprint density at radius 3 is 1.22 bits per heavy atom. The van der Waals surface area contributed by atoms with E-state index in [0.717, 1.165) is 0 Å². The molecule has 2 aromatic rings. The average molecular weight is 294 g/mol. The van der Waals surface area contributed by atoms with E-state index in [-0.39, 0.29) is 0 Å². The van der Waals surface area contributed by atoms with Crippen molar-refractivity contribution >= 4 is 47.4 Å². The molecule has 0 saturated heterocycles. The van der Waals surface area contributed by atoms with Crippen LogP contribution in [0.2, 0.25) is 0 Å². The molecule has 0 amide bonds. The normalized spacial score (nSPS) is 11.2. The van der Waals surface area contributed by atoms with Crippen molar-refractivity contribution in [2.75, 3.05) is 11.5 Å². The Morgan fingerprint density at radius 1 is 0.611 bits per heavy atom. The van der Waals surface area contributed by atoms with Gasteiger partial charge in [-0.05, 0) is 0 Å². The maximum atomic E-state index is 13.8. The van der Waals surface area contributed by atoms with E-state index in [1.54, 1.807) is 0 Å². The number of halogens is 4. The molecule has 0 bridgehead atoms. The second-order valence-corrected chi connectivity index (χ2v) is 4.42. The molecule has 0 heterocycles. The summed E-state index contributed by atoms with van der Waals surface area (Å²) in [7, 11) is 0. The van der Waals surface area contributed by atoms with Crippen molar-refractivity contribution in [1.82, 2.24) is 0 Å². The smallest absolute Gasteiger partial charge is 0.158 e. The largest absolute Gasteiger partial charge is 0.395 e. The van der Waals surface area contributed by atoms with Crippen LogP contribution in [0.1, 0.15) is 0 Å². The predicted molar refractivity (Wildman–Crippen MR) is 67.1 cm³/mol. The van der Waals surface area contributed by atoms with E-state index < -0.39 is 55.2 Å². The van der Waals surface area contributed by atoms with Gasteiger partial charge in [0.2, 0.25) is 0 Å². The van der Waals surface area contributed by atoms with E-state index in [1.165, 1.54) is 0 Å². The van der Waals surface area contributed by atoms with Crippen LogP contribution in [-0.2, 0) is 0 Å². The predicted octanol–water partition coefficient (Wildman–Crippen LogP) is 3.14. The average Bonchev–Trinajstić information content (AvgIpc) is 2.35. The molecule has 0 unspecified atom stereocenters. The Morgan fingerprint density at radius 2 is 0.889 bits per heavy atom. The van der Waals surface area contributed by atoms with Crippen LogP contribution in [0.5, 0.6) is 0 Å². The van der Waals surface area contributed by atoms with E-state index in [0.29, 0.717) is 0 Å². The highest BCUT2D eigenvalue weighted by atomic mass is 32.1. The standard InChI is InChI=1S/C10H6F4N2S2/c11-3-1-2(5(13)9(17)7(3)15)6(14)10(18)8(16)4(1)12/h17-18H,15-16H2. The molecule has 2 rings (SSSR count). The summed E-state index contributed by atoms with van der Waals surface area (Å²) in [5, 5.41) is -1.86. The monoisotopic (exact) mass is 294 g/mol. The summed E-state index contributed by atoms with van der Waals surface area (Å²) in [6.07, 6.45) is 0. The molecule has 2 nitrogen and oxygen atoms in total. The van der Waals surface area contributed by atoms with Crippen LogP contribution >= 0.6 is 25.3 Å². The third-order valence-corrected chi connectivity index (χ3v) is 3.40. The van der Waals surface area contributed by atoms with Gasteiger partial charge in [-0.15, -0.1) is 25.3 Å². The van der Waals surface area contributed by atoms with Gasteiger partial charge in [-0.2, -0.15) is 0 Å². The van der Waals surface area contributed by atoms with Gasteiger partial charge in [0, 0.05) is 0 Å². The van der Waals surface area contributed by atoms with Crippen molar-refractivity contribution in [2.45, 2.75) is 9.79 Å². The number of rotatable bonds is 0. The first-order chi connectivity index (χ1) is 8.29. The first-order valence-corrected chi connectivity index (χ1v) is 5.42. The summed E-state index contributed by atoms with van der Waals surface area (Å²) in [5.74, 6) is -5.15. The highest BCUT2D eigenvalue weighted by Gasteiger charge is 2.25. The lowest BCUT2D eigenvalue weighted by Gasteiger charge is -2.13. The first-order valence-electron chi connectivity index (χ1n) is 4.53. The fraction of sp³-hybridized carbons (Fsp3) is 0. The van der Waals surface area contributed by atoms with Crippen LogP contribution in [0.15, 0.2) is 9.79 Å². The molecular weight excluding hydrogens is 288 g/mol. The molecule has 2 aromatic carbocycles. The third kappa shape index (κ3) is 1.52. The lowest BCUT2D eigenvalue weighted by Crippen LogP contribution is -2.05. The van der Waals surface area contributed by atoms with Gasteiger partial charge in [-0.25, -0.2) is 17.6 Å². The first kappa shape index (κ1) is 13.2. The summed E-state index contributed by atoms with van der Waals surface area (Å²) >= 11 is 7.23. The minimum Gasteiger partial charge on any atom is -0.395 e. The highest BCUT2D eigenvalue weighted by molar-refractivity contribution is 7.80. The number of thiol groups is 2. The van der Waals surface area contributed by atoms with Crippen molar-refractivity contribution in [2.24, 2.45) is 0 Å². The van der Waals surface area contributed by atoms with Gasteiger partial charge in [0.05, 0.1) is 31.9 Å². The Hall–Kier alpha value is -1.28. The van der Waals surface area contributed by atoms with Crippen molar-refractivity contribution in [3.8, 4) is 0 Å². The van der Waals surface area contributed by atoms with Crippen molar-refractivity contribution in [1.29, 1.82) is 0 Å². The van der Waals surface area contributed by atoms with Gasteiger partial charge in [0.25, 0.3) is 0 Å². The molecular formula is C10H6F4N2S2. The highest BCUT2D eigenvalue weighted by Crippen LogP contribution is 2.40. The van der Waals surface area contributed by atoms with Gasteiger partial charge in [-0.1, -0.05) is 0 Å². The summed E-state index contributed by atoms with van der Waals surface area (Å²) in [6.45, 7) is 0. The molecule has 0 aliphatic rings. The van der Waals surface area contributed by atoms with Crippen LogP contribution in [-0.4, -0.2) is 0 Å². The minimum atomic E-state index is -1.31. The zero-order valence-electron chi connectivity index (χ0n) is 8.56. The maximum Gasteiger partial charge on any atom is 0.158 e. The topological polar surface area (TPSA) is 52.0 Å². The Kier molecular flexibility index (Phi) is 3.02. The number of fused-ring (bicyclic) bond motifs is 1. The fourth-order valence-electron chi connectivity index (χ4n) is 1.58. The molecule has 18 heavy (non-hydrogen) atoms. The molecule has 0 fully saturated rings. The van der Waals surface area contributed by atoms with Crippen LogP contribution in [0, 0.1) is 23.3 Å². The van der Waals surface area contributed by atoms with E-state index in [1.807, 2.05) is 0 Å². The number of benzene rings is 2. The van der Waals surface area contributed by atoms with Crippen molar-refractivity contribution in [3.63, 3.8) is 0 Å². The van der Waals surface area contributed by atoms with E-state index in [9.17, 15) is 17.6 Å². The lowest BCUT2D eigenvalue weighted by atomic mass is 10.1. The molecule has 4 N–H and O–H groups in total. The summed E-state index contributed by atoms with van der Waals surface area (Å²) < 4.78 is 55.1. The molecule has 96 valence electrons. The van der Waals surface area contributed by atoms with E-state index in [4.69, 9.17) is 11.5 Å². The fourth-order valence-corrected chi connectivity index (χ4v) is 2.00. The Bertz CT molecular complexity index is 575. The van der Waals surface area contributed by atoms with Crippen LogP contribution in [0.3, 0.4) is 0 Å². The quantitative estimate of drug-likeness (QED) is 0.343. The van der Waals surface area contributed by atoms with Crippen molar-refractivity contribution < 1.29 is 17.6 Å². The SMILES string of the molecule is Nc1c(S)c(F)c2c(F)c(S)c(N)c(F)c2c1F. The molecule has 0 radical (unpaired) electrons. The van der Waals surface area contributed by atoms with E-state index >= 15 is 0 Å². The van der Waals surface area contributed by atoms with Crippen LogP contribution in [0.25, 0.3) is 10.8 Å². The van der Waals surface area contributed by atoms with Gasteiger partial charge in [0.15, 0.2) is 11.6 Å². The van der Waals surface area contributed by atoms with Gasteiger partial charge in [0.1, 0.15) is 11.6 Å². The number of hydrogen-bond donors (Lipinski definition) is 4. The molecule has 0 aliphatic heterocycles. The molecule has 0 atom stereocenters. The molecule has 0 spiro atoms. The molecule has 8 heteroatoms. The second-order valence-electron chi connectivity index (χ2n) is 3.53. The lowest BCUT2D eigenvalue weighted by molar-refractivity contribution is 0.560. The summed E-state index contributed by atoms with van der Waals surface area (Å²) in [6, 6.07) is 0. The molecule has 0 aliphatic carbocycles.